The van der Waals surface area contributed by atoms with Gasteiger partial charge in [-0.25, -0.2) is 4.79 Å². The number of nitrogens with zero attached hydrogens (tertiary/aromatic N) is 1. The number of aromatic amines is 1. The number of aromatic carboxylic acids is 1. The second kappa shape index (κ2) is 3.70. The zero-order valence-electron chi connectivity index (χ0n) is 9.40. The number of pyridine rings is 1. The molecule has 0 amide bonds. The van der Waals surface area contributed by atoms with Crippen LogP contribution >= 0.6 is 0 Å². The van der Waals surface area contributed by atoms with E-state index in [2.05, 4.69) is 9.88 Å². The van der Waals surface area contributed by atoms with Gasteiger partial charge in [-0.2, -0.15) is 0 Å². The maximum atomic E-state index is 11.5. The van der Waals surface area contributed by atoms with Gasteiger partial charge in [0.05, 0.1) is 0 Å². The fourth-order valence-corrected chi connectivity index (χ4v) is 2.44. The highest BCUT2D eigenvalue weighted by Gasteiger charge is 2.31. The van der Waals surface area contributed by atoms with Crippen LogP contribution in [-0.4, -0.2) is 33.5 Å². The topological polar surface area (TPSA) is 73.4 Å². The molecule has 1 aliphatic heterocycles. The summed E-state index contributed by atoms with van der Waals surface area (Å²) in [6, 6.07) is 2.20. The van der Waals surface area contributed by atoms with Gasteiger partial charge < -0.3 is 10.1 Å². The number of carbonyl (C=O) groups is 1. The third kappa shape index (κ3) is 1.86. The number of rotatable bonds is 2. The lowest BCUT2D eigenvalue weighted by Crippen LogP contribution is -2.35. The van der Waals surface area contributed by atoms with Crippen LogP contribution in [0, 0.1) is 0 Å². The molecule has 0 aromatic carbocycles. The van der Waals surface area contributed by atoms with Crippen LogP contribution in [-0.2, 0) is 13.0 Å². The normalized spacial score (nSPS) is 20.0. The van der Waals surface area contributed by atoms with Crippen molar-refractivity contribution in [1.82, 2.24) is 9.88 Å². The third-order valence-corrected chi connectivity index (χ3v) is 3.53. The lowest BCUT2D eigenvalue weighted by Gasteiger charge is -2.28. The van der Waals surface area contributed by atoms with Gasteiger partial charge in [-0.15, -0.1) is 0 Å². The van der Waals surface area contributed by atoms with Crippen LogP contribution in [0.25, 0.3) is 0 Å². The van der Waals surface area contributed by atoms with Crippen LogP contribution in [0.3, 0.4) is 0 Å². The van der Waals surface area contributed by atoms with Crippen molar-refractivity contribution in [3.05, 3.63) is 33.2 Å². The maximum absolute atomic E-state index is 11.5. The molecule has 2 heterocycles. The summed E-state index contributed by atoms with van der Waals surface area (Å²) in [6.45, 7) is 1.72. The quantitative estimate of drug-likeness (QED) is 0.785. The fraction of sp³-hybridized carbons (Fsp3) is 0.500. The summed E-state index contributed by atoms with van der Waals surface area (Å²) in [5.74, 6) is -1.16. The third-order valence-electron chi connectivity index (χ3n) is 3.53. The van der Waals surface area contributed by atoms with Crippen molar-refractivity contribution in [3.63, 3.8) is 0 Å². The van der Waals surface area contributed by atoms with Crippen molar-refractivity contribution in [1.29, 1.82) is 0 Å². The summed E-state index contributed by atoms with van der Waals surface area (Å²) < 4.78 is 0. The van der Waals surface area contributed by atoms with E-state index in [1.54, 1.807) is 0 Å². The smallest absolute Gasteiger partial charge is 0.341 e. The summed E-state index contributed by atoms with van der Waals surface area (Å²) in [5.41, 5.74) is 1.22. The van der Waals surface area contributed by atoms with E-state index in [1.807, 2.05) is 0 Å². The van der Waals surface area contributed by atoms with E-state index in [-0.39, 0.29) is 5.56 Å². The SMILES string of the molecule is O=C(O)c1cc2c([nH]c1=O)CCN(C1CC1)C2. The lowest BCUT2D eigenvalue weighted by atomic mass is 10.0. The molecule has 1 aromatic rings. The number of aromatic nitrogens is 1. The fourth-order valence-electron chi connectivity index (χ4n) is 2.44. The standard InChI is InChI=1S/C12H14N2O3/c15-11-9(12(16)17)5-7-6-14(8-1-2-8)4-3-10(7)13-11/h5,8H,1-4,6H2,(H,13,15)(H,16,17). The molecule has 1 saturated carbocycles. The van der Waals surface area contributed by atoms with Gasteiger partial charge in [0, 0.05) is 31.2 Å². The number of fused-ring (bicyclic) bond motifs is 1. The Labute approximate surface area is 98.1 Å². The first-order valence-corrected chi connectivity index (χ1v) is 5.87. The average molecular weight is 234 g/mol. The predicted octanol–water partition coefficient (Wildman–Crippen LogP) is 0.594. The van der Waals surface area contributed by atoms with Crippen LogP contribution in [0.1, 0.15) is 34.5 Å². The molecule has 1 aliphatic carbocycles. The highest BCUT2D eigenvalue weighted by Crippen LogP contribution is 2.30. The molecule has 0 spiro atoms. The van der Waals surface area contributed by atoms with Crippen molar-refractivity contribution in [2.45, 2.75) is 31.8 Å². The Kier molecular flexibility index (Phi) is 2.29. The van der Waals surface area contributed by atoms with Crippen LogP contribution in [0.2, 0.25) is 0 Å². The molecule has 2 N–H and O–H groups in total. The van der Waals surface area contributed by atoms with Crippen molar-refractivity contribution >= 4 is 5.97 Å². The Morgan fingerprint density at radius 3 is 2.88 bits per heavy atom. The summed E-state index contributed by atoms with van der Waals surface area (Å²) >= 11 is 0. The van der Waals surface area contributed by atoms with E-state index in [4.69, 9.17) is 5.11 Å². The predicted molar refractivity (Wildman–Crippen MR) is 61.2 cm³/mol. The van der Waals surface area contributed by atoms with Crippen molar-refractivity contribution in [2.24, 2.45) is 0 Å². The van der Waals surface area contributed by atoms with E-state index in [1.165, 1.54) is 18.9 Å². The van der Waals surface area contributed by atoms with Gasteiger partial charge in [0.2, 0.25) is 0 Å². The van der Waals surface area contributed by atoms with Crippen LogP contribution < -0.4 is 5.56 Å². The molecule has 0 radical (unpaired) electrons. The molecule has 2 aliphatic rings. The van der Waals surface area contributed by atoms with E-state index in [0.29, 0.717) is 6.04 Å². The summed E-state index contributed by atoms with van der Waals surface area (Å²) in [6.07, 6.45) is 3.29. The molecule has 0 atom stereocenters. The molecular formula is C12H14N2O3. The second-order valence-electron chi connectivity index (χ2n) is 4.77. The summed E-state index contributed by atoms with van der Waals surface area (Å²) in [5, 5.41) is 8.92. The maximum Gasteiger partial charge on any atom is 0.341 e. The summed E-state index contributed by atoms with van der Waals surface area (Å²) in [4.78, 5) is 27.5. The molecule has 1 fully saturated rings. The van der Waals surface area contributed by atoms with E-state index >= 15 is 0 Å². The Bertz CT molecular complexity index is 531. The Morgan fingerprint density at radius 2 is 2.24 bits per heavy atom. The van der Waals surface area contributed by atoms with E-state index in [0.717, 1.165) is 30.8 Å². The molecule has 5 nitrogen and oxygen atoms in total. The molecule has 0 bridgehead atoms. The number of carboxylic acid groups (broad SMARTS) is 1. The Morgan fingerprint density at radius 1 is 1.47 bits per heavy atom. The van der Waals surface area contributed by atoms with E-state index in [9.17, 15) is 9.59 Å². The Balaban J connectivity index is 1.97. The average Bonchev–Trinajstić information content (AvgIpc) is 3.11. The first-order valence-electron chi connectivity index (χ1n) is 5.87. The summed E-state index contributed by atoms with van der Waals surface area (Å²) in [7, 11) is 0. The molecule has 17 heavy (non-hydrogen) atoms. The monoisotopic (exact) mass is 234 g/mol. The van der Waals surface area contributed by atoms with Gasteiger partial charge in [0.15, 0.2) is 0 Å². The van der Waals surface area contributed by atoms with Crippen LogP contribution in [0.4, 0.5) is 0 Å². The first kappa shape index (κ1) is 10.5. The van der Waals surface area contributed by atoms with Gasteiger partial charge in [-0.3, -0.25) is 9.69 Å². The van der Waals surface area contributed by atoms with Crippen LogP contribution in [0.15, 0.2) is 10.9 Å². The molecular weight excluding hydrogens is 220 g/mol. The van der Waals surface area contributed by atoms with Gasteiger partial charge in [0.1, 0.15) is 5.56 Å². The molecule has 0 unspecified atom stereocenters. The largest absolute Gasteiger partial charge is 0.477 e. The van der Waals surface area contributed by atoms with Gasteiger partial charge >= 0.3 is 5.97 Å². The number of hydrogen-bond donors (Lipinski definition) is 2. The zero-order chi connectivity index (χ0) is 12.0. The van der Waals surface area contributed by atoms with Gasteiger partial charge in [-0.05, 0) is 24.5 Å². The number of hydrogen-bond acceptors (Lipinski definition) is 3. The molecule has 1 aromatic heterocycles. The van der Waals surface area contributed by atoms with E-state index < -0.39 is 11.5 Å². The van der Waals surface area contributed by atoms with Gasteiger partial charge in [0.25, 0.3) is 5.56 Å². The van der Waals surface area contributed by atoms with Crippen LogP contribution in [0.5, 0.6) is 0 Å². The Hall–Kier alpha value is -1.62. The molecule has 5 heteroatoms. The molecule has 3 rings (SSSR count). The minimum atomic E-state index is -1.16. The minimum Gasteiger partial charge on any atom is -0.477 e. The number of nitrogens with one attached hydrogen (secondary N) is 1. The second-order valence-corrected chi connectivity index (χ2v) is 4.77. The van der Waals surface area contributed by atoms with Crippen molar-refractivity contribution < 1.29 is 9.90 Å². The number of H-pyrrole nitrogens is 1. The zero-order valence-corrected chi connectivity index (χ0v) is 9.40. The van der Waals surface area contributed by atoms with Gasteiger partial charge in [-0.1, -0.05) is 0 Å². The first-order chi connectivity index (χ1) is 8.15. The van der Waals surface area contributed by atoms with Crippen molar-refractivity contribution in [2.75, 3.05) is 6.54 Å². The number of carboxylic acids is 1. The highest BCUT2D eigenvalue weighted by atomic mass is 16.4. The highest BCUT2D eigenvalue weighted by molar-refractivity contribution is 5.87. The minimum absolute atomic E-state index is 0.151. The molecule has 90 valence electrons. The molecule has 0 saturated heterocycles. The van der Waals surface area contributed by atoms with Crippen molar-refractivity contribution in [3.8, 4) is 0 Å². The lowest BCUT2D eigenvalue weighted by molar-refractivity contribution is 0.0694.